The van der Waals surface area contributed by atoms with Crippen LogP contribution in [0, 0.1) is 0 Å². The van der Waals surface area contributed by atoms with Crippen LogP contribution in [0.5, 0.6) is 0 Å². The van der Waals surface area contributed by atoms with E-state index < -0.39 is 12.0 Å². The van der Waals surface area contributed by atoms with E-state index in [1.54, 1.807) is 24.4 Å². The van der Waals surface area contributed by atoms with Gasteiger partial charge in [0.05, 0.1) is 11.2 Å². The third kappa shape index (κ3) is 2.33. The molecule has 1 heterocycles. The summed E-state index contributed by atoms with van der Waals surface area (Å²) in [6, 6.07) is 7.14. The predicted octanol–water partition coefficient (Wildman–Crippen LogP) is 0.0751. The Bertz CT molecular complexity index is 585. The number of aromatic nitrogens is 1. The summed E-state index contributed by atoms with van der Waals surface area (Å²) in [6.45, 7) is 0.0449. The Hall–Kier alpha value is -2.34. The number of nitrogens with one attached hydrogen (secondary N) is 1. The number of nitrogens with zero attached hydrogens (tertiary/aromatic N) is 1. The summed E-state index contributed by atoms with van der Waals surface area (Å²) in [5, 5.41) is 13.1. The van der Waals surface area contributed by atoms with Gasteiger partial charge in [-0.15, -0.1) is 0 Å². The highest BCUT2D eigenvalue weighted by Gasteiger charge is 2.11. The fourth-order valence-electron chi connectivity index (χ4n) is 1.66. The number of pyridine rings is 1. The maximum atomic E-state index is 10.7. The van der Waals surface area contributed by atoms with Gasteiger partial charge in [-0.05, 0) is 24.3 Å². The van der Waals surface area contributed by atoms with Crippen LogP contribution in [0.1, 0.15) is 0 Å². The lowest BCUT2D eigenvalue weighted by Gasteiger charge is -2.12. The Morgan fingerprint density at radius 3 is 2.94 bits per heavy atom. The van der Waals surface area contributed by atoms with Crippen molar-refractivity contribution >= 4 is 28.2 Å². The van der Waals surface area contributed by atoms with Crippen molar-refractivity contribution < 1.29 is 9.90 Å². The van der Waals surface area contributed by atoms with Crippen LogP contribution in [0.2, 0.25) is 0 Å². The molecule has 1 unspecified atom stereocenters. The smallest absolute Gasteiger partial charge is 0.248 e. The zero-order chi connectivity index (χ0) is 13.1. The molecule has 2 rings (SSSR count). The van der Waals surface area contributed by atoms with Gasteiger partial charge in [-0.3, -0.25) is 9.78 Å². The number of hydrogen-bond donors (Lipinski definition) is 4. The first-order chi connectivity index (χ1) is 8.59. The Morgan fingerprint density at radius 1 is 1.44 bits per heavy atom. The summed E-state index contributed by atoms with van der Waals surface area (Å²) >= 11 is 0. The fraction of sp³-hybridized carbons (Fsp3) is 0.167. The number of nitrogen functional groups attached to an aromatic ring is 1. The van der Waals surface area contributed by atoms with Crippen molar-refractivity contribution in [2.75, 3.05) is 17.6 Å². The van der Waals surface area contributed by atoms with Crippen LogP contribution in [0.25, 0.3) is 10.9 Å². The summed E-state index contributed by atoms with van der Waals surface area (Å²) in [5.74, 6) is -0.764. The molecule has 1 amide bonds. The van der Waals surface area contributed by atoms with Gasteiger partial charge in [0.2, 0.25) is 5.91 Å². The van der Waals surface area contributed by atoms with Gasteiger partial charge in [-0.25, -0.2) is 0 Å². The molecule has 0 aliphatic heterocycles. The molecule has 0 aliphatic carbocycles. The molecule has 0 saturated carbocycles. The van der Waals surface area contributed by atoms with Gasteiger partial charge >= 0.3 is 0 Å². The molecule has 1 atom stereocenters. The zero-order valence-electron chi connectivity index (χ0n) is 9.63. The first kappa shape index (κ1) is 12.1. The molecule has 6 heteroatoms. The third-order valence-corrected chi connectivity index (χ3v) is 2.62. The van der Waals surface area contributed by atoms with E-state index in [9.17, 15) is 9.90 Å². The first-order valence-corrected chi connectivity index (χ1v) is 5.44. The molecule has 2 aromatic rings. The largest absolute Gasteiger partial charge is 0.397 e. The monoisotopic (exact) mass is 246 g/mol. The molecule has 0 fully saturated rings. The minimum atomic E-state index is -1.23. The lowest BCUT2D eigenvalue weighted by atomic mass is 10.1. The molecule has 0 aliphatic rings. The lowest BCUT2D eigenvalue weighted by molar-refractivity contribution is -0.125. The molecular weight excluding hydrogens is 232 g/mol. The van der Waals surface area contributed by atoms with Crippen LogP contribution in [-0.2, 0) is 4.79 Å². The number of nitrogens with two attached hydrogens (primary N) is 2. The van der Waals surface area contributed by atoms with Crippen molar-refractivity contribution in [2.24, 2.45) is 5.73 Å². The molecule has 6 nitrogen and oxygen atoms in total. The fourth-order valence-corrected chi connectivity index (χ4v) is 1.66. The second-order valence-corrected chi connectivity index (χ2v) is 3.90. The van der Waals surface area contributed by atoms with Gasteiger partial charge < -0.3 is 21.9 Å². The quantitative estimate of drug-likeness (QED) is 0.570. The SMILES string of the molecule is NC(=O)C(O)CNc1ccc(N)c2ncccc12. The molecule has 18 heavy (non-hydrogen) atoms. The van der Waals surface area contributed by atoms with Crippen molar-refractivity contribution in [3.05, 3.63) is 30.5 Å². The minimum Gasteiger partial charge on any atom is -0.397 e. The Labute approximate surface area is 104 Å². The number of benzene rings is 1. The highest BCUT2D eigenvalue weighted by molar-refractivity contribution is 5.98. The first-order valence-electron chi connectivity index (χ1n) is 5.44. The van der Waals surface area contributed by atoms with Crippen LogP contribution < -0.4 is 16.8 Å². The Balaban J connectivity index is 2.29. The molecule has 94 valence electrons. The van der Waals surface area contributed by atoms with Crippen molar-refractivity contribution in [3.8, 4) is 0 Å². The topological polar surface area (TPSA) is 114 Å². The summed E-state index contributed by atoms with van der Waals surface area (Å²) in [6.07, 6.45) is 0.426. The second kappa shape index (κ2) is 4.89. The molecule has 1 aromatic carbocycles. The van der Waals surface area contributed by atoms with Crippen LogP contribution in [0.15, 0.2) is 30.5 Å². The van der Waals surface area contributed by atoms with Crippen LogP contribution in [0.4, 0.5) is 11.4 Å². The van der Waals surface area contributed by atoms with E-state index in [1.165, 1.54) is 0 Å². The summed E-state index contributed by atoms with van der Waals surface area (Å²) in [5.41, 5.74) is 12.8. The average Bonchev–Trinajstić information content (AvgIpc) is 2.38. The van der Waals surface area contributed by atoms with Crippen molar-refractivity contribution in [3.63, 3.8) is 0 Å². The summed E-state index contributed by atoms with van der Waals surface area (Å²) in [4.78, 5) is 14.9. The van der Waals surface area contributed by atoms with E-state index >= 15 is 0 Å². The third-order valence-electron chi connectivity index (χ3n) is 2.62. The highest BCUT2D eigenvalue weighted by atomic mass is 16.3. The van der Waals surface area contributed by atoms with Gasteiger partial charge in [0.25, 0.3) is 0 Å². The van der Waals surface area contributed by atoms with E-state index in [1.807, 2.05) is 6.07 Å². The molecule has 0 saturated heterocycles. The van der Waals surface area contributed by atoms with Crippen molar-refractivity contribution in [1.29, 1.82) is 0 Å². The summed E-state index contributed by atoms with van der Waals surface area (Å²) in [7, 11) is 0. The van der Waals surface area contributed by atoms with Crippen molar-refractivity contribution in [1.82, 2.24) is 4.98 Å². The number of carbonyl (C=O) groups excluding carboxylic acids is 1. The number of rotatable bonds is 4. The number of fused-ring (bicyclic) bond motifs is 1. The molecule has 6 N–H and O–H groups in total. The van der Waals surface area contributed by atoms with Gasteiger partial charge in [0, 0.05) is 23.8 Å². The van der Waals surface area contributed by atoms with Gasteiger partial charge in [0.1, 0.15) is 6.10 Å². The lowest BCUT2D eigenvalue weighted by Crippen LogP contribution is -2.34. The summed E-state index contributed by atoms with van der Waals surface area (Å²) < 4.78 is 0. The van der Waals surface area contributed by atoms with Gasteiger partial charge in [-0.1, -0.05) is 0 Å². The maximum Gasteiger partial charge on any atom is 0.248 e. The minimum absolute atomic E-state index is 0.0449. The predicted molar refractivity (Wildman–Crippen MR) is 69.8 cm³/mol. The number of amides is 1. The van der Waals surface area contributed by atoms with E-state index in [0.717, 1.165) is 11.1 Å². The molecule has 0 bridgehead atoms. The molecule has 1 aromatic heterocycles. The van der Waals surface area contributed by atoms with Crippen LogP contribution in [-0.4, -0.2) is 28.6 Å². The van der Waals surface area contributed by atoms with Crippen molar-refractivity contribution in [2.45, 2.75) is 6.10 Å². The zero-order valence-corrected chi connectivity index (χ0v) is 9.63. The van der Waals surface area contributed by atoms with E-state index in [0.29, 0.717) is 11.2 Å². The number of aliphatic hydroxyl groups excluding tert-OH is 1. The maximum absolute atomic E-state index is 10.7. The normalized spacial score (nSPS) is 12.3. The standard InChI is InChI=1S/C12H14N4O2/c13-8-3-4-9(16-6-10(17)12(14)18)7-2-1-5-15-11(7)8/h1-5,10,16-17H,6,13H2,(H2,14,18). The molecule has 0 radical (unpaired) electrons. The number of primary amides is 1. The van der Waals surface area contributed by atoms with Crippen LogP contribution in [0.3, 0.4) is 0 Å². The number of aliphatic hydroxyl groups is 1. The number of hydrogen-bond acceptors (Lipinski definition) is 5. The molecule has 0 spiro atoms. The highest BCUT2D eigenvalue weighted by Crippen LogP contribution is 2.26. The van der Waals surface area contributed by atoms with Gasteiger partial charge in [-0.2, -0.15) is 0 Å². The van der Waals surface area contributed by atoms with Gasteiger partial charge in [0.15, 0.2) is 0 Å². The molecular formula is C12H14N4O2. The van der Waals surface area contributed by atoms with E-state index in [2.05, 4.69) is 10.3 Å². The Morgan fingerprint density at radius 2 is 2.22 bits per heavy atom. The second-order valence-electron chi connectivity index (χ2n) is 3.90. The average molecular weight is 246 g/mol. The van der Waals surface area contributed by atoms with E-state index in [-0.39, 0.29) is 6.54 Å². The van der Waals surface area contributed by atoms with E-state index in [4.69, 9.17) is 11.5 Å². The number of anilines is 2. The van der Waals surface area contributed by atoms with Crippen LogP contribution >= 0.6 is 0 Å². The Kier molecular flexibility index (Phi) is 3.29. The number of carbonyl (C=O) groups is 1.